The van der Waals surface area contributed by atoms with E-state index in [1.54, 1.807) is 0 Å². The van der Waals surface area contributed by atoms with Crippen molar-refractivity contribution >= 4 is 11.9 Å². The number of esters is 2. The summed E-state index contributed by atoms with van der Waals surface area (Å²) in [6.07, 6.45) is 72.8. The summed E-state index contributed by atoms with van der Waals surface area (Å²) in [6.45, 7) is 7.50. The average Bonchev–Trinajstić information content (AvgIpc) is 3.30. The van der Waals surface area contributed by atoms with Crippen molar-refractivity contribution in [2.24, 2.45) is 0 Å². The maximum atomic E-state index is 12.8. The van der Waals surface area contributed by atoms with Crippen LogP contribution in [0.15, 0.2) is 97.2 Å². The van der Waals surface area contributed by atoms with Gasteiger partial charge in [-0.25, -0.2) is 0 Å². The summed E-state index contributed by atoms with van der Waals surface area (Å²) in [5.74, 6) is -0.453. The van der Waals surface area contributed by atoms with Gasteiger partial charge < -0.3 is 14.2 Å². The minimum Gasteiger partial charge on any atom is -0.462 e. The molecule has 0 rings (SSSR count). The van der Waals surface area contributed by atoms with E-state index >= 15 is 0 Å². The van der Waals surface area contributed by atoms with Crippen LogP contribution >= 0.6 is 0 Å². The molecule has 0 N–H and O–H groups in total. The predicted molar refractivity (Wildman–Crippen MR) is 279 cm³/mol. The normalized spacial score (nSPS) is 13.0. The molecule has 1 atom stereocenters. The van der Waals surface area contributed by atoms with Crippen LogP contribution in [0.4, 0.5) is 0 Å². The molecule has 0 aliphatic rings. The van der Waals surface area contributed by atoms with Gasteiger partial charge in [0.2, 0.25) is 0 Å². The van der Waals surface area contributed by atoms with E-state index in [0.29, 0.717) is 19.4 Å². The Morgan fingerprint density at radius 1 is 0.359 bits per heavy atom. The van der Waals surface area contributed by atoms with Crippen LogP contribution in [-0.4, -0.2) is 37.9 Å². The van der Waals surface area contributed by atoms with Crippen molar-refractivity contribution in [2.75, 3.05) is 19.8 Å². The molecule has 0 aromatic rings. The average molecular weight is 889 g/mol. The van der Waals surface area contributed by atoms with E-state index in [0.717, 1.165) is 116 Å². The van der Waals surface area contributed by atoms with Crippen molar-refractivity contribution in [1.29, 1.82) is 0 Å². The third-order valence-corrected chi connectivity index (χ3v) is 11.1. The van der Waals surface area contributed by atoms with E-state index in [1.807, 2.05) is 0 Å². The first-order valence-corrected chi connectivity index (χ1v) is 26.8. The van der Waals surface area contributed by atoms with Crippen LogP contribution in [-0.2, 0) is 23.8 Å². The Labute approximate surface area is 396 Å². The second-order valence-electron chi connectivity index (χ2n) is 17.4. The molecule has 366 valence electrons. The molecule has 0 aliphatic carbocycles. The van der Waals surface area contributed by atoms with E-state index in [4.69, 9.17) is 14.2 Å². The van der Waals surface area contributed by atoms with Gasteiger partial charge in [-0.3, -0.25) is 9.59 Å². The number of allylic oxidation sites excluding steroid dienone is 16. The van der Waals surface area contributed by atoms with Crippen LogP contribution in [0, 0.1) is 0 Å². The Kier molecular flexibility index (Phi) is 51.5. The minimum atomic E-state index is -0.574. The van der Waals surface area contributed by atoms with Gasteiger partial charge in [-0.1, -0.05) is 208 Å². The highest BCUT2D eigenvalue weighted by molar-refractivity contribution is 5.70. The van der Waals surface area contributed by atoms with Gasteiger partial charge in [0.05, 0.1) is 6.61 Å². The first kappa shape index (κ1) is 60.8. The SMILES string of the molecule is CC/C=C\C/C=C\C/C=C\C/C=C\CCCCCOCC(COC(=O)CCCCCCCCCCC/C=C\CCCCCCCC)OC(=O)CCCCC/C=C\C/C=C\C/C=C\CC. The van der Waals surface area contributed by atoms with Crippen molar-refractivity contribution in [3.8, 4) is 0 Å². The smallest absolute Gasteiger partial charge is 0.306 e. The van der Waals surface area contributed by atoms with Crippen molar-refractivity contribution in [3.63, 3.8) is 0 Å². The van der Waals surface area contributed by atoms with Crippen LogP contribution < -0.4 is 0 Å². The molecular weight excluding hydrogens is 789 g/mol. The standard InChI is InChI=1S/C59H100O5/c1-4-7-10-13-16-19-22-25-27-29-30-31-32-35-37-40-43-46-49-52-58(60)63-56-57(64-59(61)53-50-47-44-41-38-34-24-21-18-15-12-9-6-3)55-62-54-51-48-45-42-39-36-33-28-26-23-20-17-14-11-8-5-2/h8-9,11-12,17-18,20-21,25-28,34,36,38-39,57H,4-7,10,13-16,19,22-24,29-33,35,37,40-56H2,1-3H3/b11-8-,12-9-,20-17-,21-18-,27-25-,28-26-,38-34-,39-36-. The van der Waals surface area contributed by atoms with Gasteiger partial charge in [0.25, 0.3) is 0 Å². The topological polar surface area (TPSA) is 61.8 Å². The second-order valence-corrected chi connectivity index (χ2v) is 17.4. The molecule has 0 aliphatic heterocycles. The molecule has 0 amide bonds. The fraction of sp³-hybridized carbons (Fsp3) is 0.695. The van der Waals surface area contributed by atoms with Gasteiger partial charge in [-0.15, -0.1) is 0 Å². The van der Waals surface area contributed by atoms with E-state index < -0.39 is 6.10 Å². The lowest BCUT2D eigenvalue weighted by Gasteiger charge is -2.18. The van der Waals surface area contributed by atoms with Gasteiger partial charge >= 0.3 is 11.9 Å². The van der Waals surface area contributed by atoms with Crippen molar-refractivity contribution in [3.05, 3.63) is 97.2 Å². The highest BCUT2D eigenvalue weighted by Gasteiger charge is 2.17. The molecule has 0 aromatic heterocycles. The lowest BCUT2D eigenvalue weighted by Crippen LogP contribution is -2.30. The largest absolute Gasteiger partial charge is 0.462 e. The third kappa shape index (κ3) is 51.5. The van der Waals surface area contributed by atoms with Crippen molar-refractivity contribution < 1.29 is 23.8 Å². The summed E-state index contributed by atoms with van der Waals surface area (Å²) in [6, 6.07) is 0. The molecule has 5 heteroatoms. The molecule has 1 unspecified atom stereocenters. The third-order valence-electron chi connectivity index (χ3n) is 11.1. The molecule has 0 spiro atoms. The number of ether oxygens (including phenoxy) is 3. The van der Waals surface area contributed by atoms with Crippen LogP contribution in [0.2, 0.25) is 0 Å². The number of hydrogen-bond acceptors (Lipinski definition) is 5. The molecule has 0 fully saturated rings. The van der Waals surface area contributed by atoms with E-state index in [1.165, 1.54) is 89.9 Å². The first-order chi connectivity index (χ1) is 31.6. The monoisotopic (exact) mass is 889 g/mol. The summed E-state index contributed by atoms with van der Waals surface area (Å²) in [5, 5.41) is 0. The molecule has 0 aromatic carbocycles. The van der Waals surface area contributed by atoms with Gasteiger partial charge in [0.15, 0.2) is 6.10 Å². The Morgan fingerprint density at radius 2 is 0.703 bits per heavy atom. The molecule has 0 heterocycles. The van der Waals surface area contributed by atoms with E-state index in [2.05, 4.69) is 118 Å². The molecule has 64 heavy (non-hydrogen) atoms. The summed E-state index contributed by atoms with van der Waals surface area (Å²) in [4.78, 5) is 25.4. The zero-order valence-electron chi connectivity index (χ0n) is 42.0. The lowest BCUT2D eigenvalue weighted by atomic mass is 10.1. The highest BCUT2D eigenvalue weighted by atomic mass is 16.6. The summed E-state index contributed by atoms with van der Waals surface area (Å²) in [5.41, 5.74) is 0. The zero-order chi connectivity index (χ0) is 46.3. The molecular formula is C59H100O5. The quantitative estimate of drug-likeness (QED) is 0.0346. The highest BCUT2D eigenvalue weighted by Crippen LogP contribution is 2.14. The zero-order valence-corrected chi connectivity index (χ0v) is 42.0. The van der Waals surface area contributed by atoms with Gasteiger partial charge in [-0.05, 0) is 116 Å². The van der Waals surface area contributed by atoms with Gasteiger partial charge in [0.1, 0.15) is 6.61 Å². The Hall–Kier alpha value is -3.18. The second kappa shape index (κ2) is 54.2. The van der Waals surface area contributed by atoms with Gasteiger partial charge in [-0.2, -0.15) is 0 Å². The molecule has 0 saturated carbocycles. The van der Waals surface area contributed by atoms with Crippen molar-refractivity contribution in [2.45, 2.75) is 245 Å². The first-order valence-electron chi connectivity index (χ1n) is 26.8. The number of unbranched alkanes of at least 4 members (excludes halogenated alkanes) is 21. The van der Waals surface area contributed by atoms with E-state index in [-0.39, 0.29) is 25.2 Å². The maximum Gasteiger partial charge on any atom is 0.306 e. The summed E-state index contributed by atoms with van der Waals surface area (Å²) >= 11 is 0. The van der Waals surface area contributed by atoms with Gasteiger partial charge in [0, 0.05) is 19.4 Å². The Balaban J connectivity index is 4.33. The van der Waals surface area contributed by atoms with Crippen molar-refractivity contribution in [1.82, 2.24) is 0 Å². The Bertz CT molecular complexity index is 1230. The molecule has 0 radical (unpaired) electrons. The fourth-order valence-electron chi connectivity index (χ4n) is 7.16. The van der Waals surface area contributed by atoms with E-state index in [9.17, 15) is 9.59 Å². The summed E-state index contributed by atoms with van der Waals surface area (Å²) in [7, 11) is 0. The lowest BCUT2D eigenvalue weighted by molar-refractivity contribution is -0.163. The Morgan fingerprint density at radius 3 is 1.16 bits per heavy atom. The number of hydrogen-bond donors (Lipinski definition) is 0. The number of carbonyl (C=O) groups excluding carboxylic acids is 2. The summed E-state index contributed by atoms with van der Waals surface area (Å²) < 4.78 is 17.4. The predicted octanol–water partition coefficient (Wildman–Crippen LogP) is 18.2. The molecule has 5 nitrogen and oxygen atoms in total. The maximum absolute atomic E-state index is 12.8. The fourth-order valence-corrected chi connectivity index (χ4v) is 7.16. The molecule has 0 bridgehead atoms. The minimum absolute atomic E-state index is 0.0550. The van der Waals surface area contributed by atoms with Crippen LogP contribution in [0.25, 0.3) is 0 Å². The van der Waals surface area contributed by atoms with Crippen LogP contribution in [0.1, 0.15) is 239 Å². The van der Waals surface area contributed by atoms with Crippen LogP contribution in [0.3, 0.4) is 0 Å². The van der Waals surface area contributed by atoms with Crippen LogP contribution in [0.5, 0.6) is 0 Å². The number of carbonyl (C=O) groups is 2. The number of rotatable bonds is 48. The molecule has 0 saturated heterocycles.